The fourth-order valence-corrected chi connectivity index (χ4v) is 4.78. The van der Waals surface area contributed by atoms with Crippen molar-refractivity contribution in [2.75, 3.05) is 17.7 Å². The van der Waals surface area contributed by atoms with Gasteiger partial charge in [0.05, 0.1) is 18.4 Å². The molecule has 176 valence electrons. The molecule has 0 aliphatic carbocycles. The lowest BCUT2D eigenvalue weighted by Gasteiger charge is -2.28. The summed E-state index contributed by atoms with van der Waals surface area (Å²) in [5.74, 6) is 1.66. The highest BCUT2D eigenvalue weighted by molar-refractivity contribution is 7.98. The van der Waals surface area contributed by atoms with Crippen molar-refractivity contribution >= 4 is 29.3 Å². The van der Waals surface area contributed by atoms with Crippen molar-refractivity contribution in [3.8, 4) is 5.75 Å². The van der Waals surface area contributed by atoms with Crippen molar-refractivity contribution in [3.63, 3.8) is 0 Å². The van der Waals surface area contributed by atoms with Gasteiger partial charge >= 0.3 is 0 Å². The Balaban J connectivity index is 1.48. The summed E-state index contributed by atoms with van der Waals surface area (Å²) in [5.41, 5.74) is 3.85. The van der Waals surface area contributed by atoms with Crippen LogP contribution in [0.2, 0.25) is 0 Å². The number of methoxy groups -OCH3 is 1. The maximum atomic E-state index is 13.6. The van der Waals surface area contributed by atoms with E-state index in [1.807, 2.05) is 49.4 Å². The number of fused-ring (bicyclic) bond motifs is 1. The quantitative estimate of drug-likeness (QED) is 0.360. The molecule has 4 aromatic rings. The van der Waals surface area contributed by atoms with Crippen LogP contribution in [0, 0.1) is 0 Å². The summed E-state index contributed by atoms with van der Waals surface area (Å²) in [4.78, 5) is 22.6. The van der Waals surface area contributed by atoms with Gasteiger partial charge in [0.25, 0.3) is 5.91 Å². The van der Waals surface area contributed by atoms with Crippen LogP contribution >= 0.6 is 11.8 Å². The van der Waals surface area contributed by atoms with E-state index in [0.29, 0.717) is 33.8 Å². The van der Waals surface area contributed by atoms with Crippen LogP contribution in [0.25, 0.3) is 0 Å². The molecule has 0 unspecified atom stereocenters. The second kappa shape index (κ2) is 10.0. The van der Waals surface area contributed by atoms with E-state index < -0.39 is 6.04 Å². The third-order valence-electron chi connectivity index (χ3n) is 5.64. The lowest BCUT2D eigenvalue weighted by atomic mass is 9.96. The van der Waals surface area contributed by atoms with E-state index in [1.54, 1.807) is 48.1 Å². The van der Waals surface area contributed by atoms with Gasteiger partial charge in [-0.3, -0.25) is 9.78 Å². The highest BCUT2D eigenvalue weighted by Gasteiger charge is 2.34. The lowest BCUT2D eigenvalue weighted by molar-refractivity contribution is -0.113. The fraction of sp³-hybridized carbons (Fsp3) is 0.154. The van der Waals surface area contributed by atoms with Gasteiger partial charge < -0.3 is 15.4 Å². The zero-order valence-corrected chi connectivity index (χ0v) is 20.1. The van der Waals surface area contributed by atoms with Crippen molar-refractivity contribution in [1.29, 1.82) is 0 Å². The Labute approximate surface area is 207 Å². The van der Waals surface area contributed by atoms with E-state index in [4.69, 9.17) is 14.8 Å². The topological polar surface area (TPSA) is 94.0 Å². The number of benzene rings is 2. The molecular weight excluding hydrogens is 460 g/mol. The Morgan fingerprint density at radius 1 is 1.11 bits per heavy atom. The maximum Gasteiger partial charge on any atom is 0.255 e. The van der Waals surface area contributed by atoms with E-state index in [9.17, 15) is 4.79 Å². The molecule has 1 amide bonds. The van der Waals surface area contributed by atoms with Gasteiger partial charge in [-0.1, -0.05) is 60.3 Å². The van der Waals surface area contributed by atoms with Crippen molar-refractivity contribution < 1.29 is 9.53 Å². The predicted molar refractivity (Wildman–Crippen MR) is 136 cm³/mol. The summed E-state index contributed by atoms with van der Waals surface area (Å²) in [6, 6.07) is 20.8. The maximum absolute atomic E-state index is 13.6. The number of hydrogen-bond acceptors (Lipinski definition) is 7. The average Bonchev–Trinajstić information content (AvgIpc) is 3.30. The van der Waals surface area contributed by atoms with Crippen LogP contribution in [-0.4, -0.2) is 32.8 Å². The minimum Gasteiger partial charge on any atom is -0.495 e. The van der Waals surface area contributed by atoms with Crippen LogP contribution in [-0.2, 0) is 10.5 Å². The van der Waals surface area contributed by atoms with Crippen LogP contribution in [0.5, 0.6) is 5.75 Å². The number of nitrogens with zero attached hydrogens (tertiary/aromatic N) is 4. The Hall–Kier alpha value is -4.11. The first-order valence-corrected chi connectivity index (χ1v) is 12.1. The number of anilines is 2. The molecule has 35 heavy (non-hydrogen) atoms. The number of carbonyl (C=O) groups excluding carboxylic acids is 1. The molecule has 1 atom stereocenters. The van der Waals surface area contributed by atoms with Crippen LogP contribution in [0.4, 0.5) is 11.6 Å². The molecule has 5 rings (SSSR count). The van der Waals surface area contributed by atoms with E-state index in [0.717, 1.165) is 11.3 Å². The monoisotopic (exact) mass is 484 g/mol. The summed E-state index contributed by atoms with van der Waals surface area (Å²) < 4.78 is 7.17. The van der Waals surface area contributed by atoms with E-state index >= 15 is 0 Å². The summed E-state index contributed by atoms with van der Waals surface area (Å²) in [7, 11) is 1.58. The number of hydrogen-bond donors (Lipinski definition) is 2. The molecule has 8 nitrogen and oxygen atoms in total. The van der Waals surface area contributed by atoms with Gasteiger partial charge in [0.2, 0.25) is 11.1 Å². The predicted octanol–water partition coefficient (Wildman–Crippen LogP) is 4.90. The van der Waals surface area contributed by atoms with Gasteiger partial charge in [0, 0.05) is 23.8 Å². The molecule has 2 aromatic carbocycles. The standard InChI is InChI=1S/C26H24N6O2S/c1-17-22(24(33)29-20-12-6-7-13-21(20)34-2)23(19-11-8-14-27-15-19)32-25(28-17)30-26(31-32)35-16-18-9-4-3-5-10-18/h3-15,23H,16H2,1-2H3,(H,29,33)(H,28,30,31)/t23-/m1/s1. The van der Waals surface area contributed by atoms with E-state index in [2.05, 4.69) is 27.8 Å². The molecule has 2 aromatic heterocycles. The number of ether oxygens (including phenoxy) is 1. The van der Waals surface area contributed by atoms with Gasteiger partial charge in [-0.25, -0.2) is 4.68 Å². The van der Waals surface area contributed by atoms with Gasteiger partial charge in [-0.05, 0) is 36.2 Å². The Morgan fingerprint density at radius 2 is 1.91 bits per heavy atom. The highest BCUT2D eigenvalue weighted by Crippen LogP contribution is 2.37. The third-order valence-corrected chi connectivity index (χ3v) is 6.55. The first kappa shape index (κ1) is 22.7. The normalized spacial score (nSPS) is 14.7. The van der Waals surface area contributed by atoms with Crippen LogP contribution in [0.3, 0.4) is 0 Å². The lowest BCUT2D eigenvalue weighted by Crippen LogP contribution is -2.31. The Bertz CT molecular complexity index is 1370. The third kappa shape index (κ3) is 4.76. The van der Waals surface area contributed by atoms with Crippen molar-refractivity contribution in [2.45, 2.75) is 23.9 Å². The van der Waals surface area contributed by atoms with Crippen molar-refractivity contribution in [1.82, 2.24) is 19.7 Å². The number of rotatable bonds is 7. The number of carbonyl (C=O) groups is 1. The SMILES string of the molecule is COc1ccccc1NC(=O)C1=C(C)Nc2nc(SCc3ccccc3)nn2[C@@H]1c1cccnc1. The summed E-state index contributed by atoms with van der Waals surface area (Å²) in [5, 5.41) is 11.7. The molecule has 0 fully saturated rings. The van der Waals surface area contributed by atoms with Gasteiger partial charge in [0.1, 0.15) is 11.8 Å². The minimum absolute atomic E-state index is 0.256. The molecule has 1 aliphatic rings. The molecule has 0 bridgehead atoms. The second-order valence-corrected chi connectivity index (χ2v) is 8.89. The van der Waals surface area contributed by atoms with Gasteiger partial charge in [-0.15, -0.1) is 5.10 Å². The molecule has 0 radical (unpaired) electrons. The average molecular weight is 485 g/mol. The molecule has 9 heteroatoms. The number of para-hydroxylation sites is 2. The largest absolute Gasteiger partial charge is 0.495 e. The Morgan fingerprint density at radius 3 is 2.69 bits per heavy atom. The summed E-state index contributed by atoms with van der Waals surface area (Å²) in [6.45, 7) is 1.87. The number of amides is 1. The minimum atomic E-state index is -0.492. The first-order chi connectivity index (χ1) is 17.1. The number of pyridine rings is 1. The zero-order chi connectivity index (χ0) is 24.2. The molecule has 0 spiro atoms. The van der Waals surface area contributed by atoms with E-state index in [1.165, 1.54) is 5.56 Å². The summed E-state index contributed by atoms with van der Waals surface area (Å²) >= 11 is 1.55. The molecule has 0 saturated heterocycles. The van der Waals surface area contributed by atoms with Gasteiger partial charge in [-0.2, -0.15) is 4.98 Å². The highest BCUT2D eigenvalue weighted by atomic mass is 32.2. The fourth-order valence-electron chi connectivity index (χ4n) is 3.99. The number of allylic oxidation sites excluding steroid dienone is 1. The smallest absolute Gasteiger partial charge is 0.255 e. The van der Waals surface area contributed by atoms with Crippen molar-refractivity contribution in [3.05, 3.63) is 102 Å². The van der Waals surface area contributed by atoms with Crippen LogP contribution in [0.15, 0.2) is 95.6 Å². The Kier molecular flexibility index (Phi) is 6.49. The zero-order valence-electron chi connectivity index (χ0n) is 19.3. The van der Waals surface area contributed by atoms with Crippen molar-refractivity contribution in [2.24, 2.45) is 0 Å². The number of nitrogens with one attached hydrogen (secondary N) is 2. The first-order valence-electron chi connectivity index (χ1n) is 11.1. The van der Waals surface area contributed by atoms with Crippen LogP contribution < -0.4 is 15.4 Å². The number of aromatic nitrogens is 4. The van der Waals surface area contributed by atoms with Gasteiger partial charge in [0.15, 0.2) is 0 Å². The number of thioether (sulfide) groups is 1. The van der Waals surface area contributed by atoms with E-state index in [-0.39, 0.29) is 5.91 Å². The molecule has 2 N–H and O–H groups in total. The molecular formula is C26H24N6O2S. The molecule has 3 heterocycles. The molecule has 1 aliphatic heterocycles. The molecule has 0 saturated carbocycles. The van der Waals surface area contributed by atoms with Crippen LogP contribution in [0.1, 0.15) is 24.1 Å². The second-order valence-electron chi connectivity index (χ2n) is 7.94. The summed E-state index contributed by atoms with van der Waals surface area (Å²) in [6.07, 6.45) is 3.46.